The summed E-state index contributed by atoms with van der Waals surface area (Å²) >= 11 is 4.95. The molecule has 1 aromatic heterocycles. The van der Waals surface area contributed by atoms with E-state index in [1.807, 2.05) is 36.6 Å². The highest BCUT2D eigenvalue weighted by atomic mass is 79.9. The molecular formula is C14H14BrNOS. The van der Waals surface area contributed by atoms with Gasteiger partial charge in [0.2, 0.25) is 0 Å². The lowest BCUT2D eigenvalue weighted by Crippen LogP contribution is -2.11. The summed E-state index contributed by atoms with van der Waals surface area (Å²) in [5.74, 6) is -0.0300. The van der Waals surface area contributed by atoms with Crippen LogP contribution in [0.5, 0.6) is 0 Å². The molecule has 0 aliphatic heterocycles. The van der Waals surface area contributed by atoms with Crippen LogP contribution in [0.25, 0.3) is 0 Å². The molecule has 0 fully saturated rings. The molecule has 0 aliphatic carbocycles. The maximum atomic E-state index is 12.1. The van der Waals surface area contributed by atoms with E-state index in [0.29, 0.717) is 0 Å². The number of nitrogens with one attached hydrogen (secondary N) is 1. The van der Waals surface area contributed by atoms with Gasteiger partial charge in [-0.2, -0.15) is 0 Å². The highest BCUT2D eigenvalue weighted by molar-refractivity contribution is 9.10. The van der Waals surface area contributed by atoms with Gasteiger partial charge in [-0.15, -0.1) is 11.3 Å². The number of rotatable bonds is 3. The predicted octanol–water partition coefficient (Wildman–Crippen LogP) is 4.63. The fourth-order valence-corrected chi connectivity index (χ4v) is 2.94. The molecular weight excluding hydrogens is 310 g/mol. The average Bonchev–Trinajstić information content (AvgIpc) is 2.82. The summed E-state index contributed by atoms with van der Waals surface area (Å²) < 4.78 is 1.00. The highest BCUT2D eigenvalue weighted by Gasteiger charge is 2.12. The first kappa shape index (κ1) is 13.3. The number of hydrogen-bond donors (Lipinski definition) is 1. The summed E-state index contributed by atoms with van der Waals surface area (Å²) in [5.41, 5.74) is 3.06. The zero-order valence-electron chi connectivity index (χ0n) is 10.3. The molecule has 0 spiro atoms. The summed E-state index contributed by atoms with van der Waals surface area (Å²) in [6, 6.07) is 7.82. The summed E-state index contributed by atoms with van der Waals surface area (Å²) in [6.07, 6.45) is 0.879. The van der Waals surface area contributed by atoms with Crippen molar-refractivity contribution in [1.82, 2.24) is 0 Å². The fraction of sp³-hybridized carbons (Fsp3) is 0.214. The Hall–Kier alpha value is -1.13. The molecule has 4 heteroatoms. The molecule has 1 amide bonds. The topological polar surface area (TPSA) is 29.1 Å². The van der Waals surface area contributed by atoms with Gasteiger partial charge in [0.05, 0.1) is 4.88 Å². The maximum absolute atomic E-state index is 12.1. The van der Waals surface area contributed by atoms with Gasteiger partial charge in [0.15, 0.2) is 0 Å². The highest BCUT2D eigenvalue weighted by Crippen LogP contribution is 2.23. The molecule has 94 valence electrons. The maximum Gasteiger partial charge on any atom is 0.266 e. The van der Waals surface area contributed by atoms with Crippen LogP contribution in [-0.2, 0) is 6.42 Å². The van der Waals surface area contributed by atoms with Crippen molar-refractivity contribution in [2.75, 3.05) is 5.32 Å². The Kier molecular flexibility index (Phi) is 4.19. The first-order valence-electron chi connectivity index (χ1n) is 5.75. The molecule has 1 N–H and O–H groups in total. The molecule has 2 rings (SSSR count). The molecule has 0 unspecified atom stereocenters. The van der Waals surface area contributed by atoms with Crippen molar-refractivity contribution in [1.29, 1.82) is 0 Å². The third-order valence-corrected chi connectivity index (χ3v) is 4.57. The van der Waals surface area contributed by atoms with Crippen molar-refractivity contribution in [3.63, 3.8) is 0 Å². The summed E-state index contributed by atoms with van der Waals surface area (Å²) in [7, 11) is 0. The van der Waals surface area contributed by atoms with E-state index in [2.05, 4.69) is 28.2 Å². The van der Waals surface area contributed by atoms with E-state index in [0.717, 1.165) is 32.6 Å². The Morgan fingerprint density at radius 1 is 1.39 bits per heavy atom. The van der Waals surface area contributed by atoms with Gasteiger partial charge in [0.25, 0.3) is 5.91 Å². The van der Waals surface area contributed by atoms with Crippen LogP contribution < -0.4 is 5.32 Å². The van der Waals surface area contributed by atoms with Crippen molar-refractivity contribution in [3.8, 4) is 0 Å². The zero-order valence-corrected chi connectivity index (χ0v) is 12.7. The van der Waals surface area contributed by atoms with Gasteiger partial charge < -0.3 is 5.32 Å². The third-order valence-electron chi connectivity index (χ3n) is 2.76. The van der Waals surface area contributed by atoms with Gasteiger partial charge in [-0.3, -0.25) is 4.79 Å². The van der Waals surface area contributed by atoms with Gasteiger partial charge in [-0.05, 0) is 48.1 Å². The van der Waals surface area contributed by atoms with E-state index in [1.54, 1.807) is 0 Å². The smallest absolute Gasteiger partial charge is 0.266 e. The van der Waals surface area contributed by atoms with E-state index in [9.17, 15) is 4.79 Å². The number of hydrogen-bond acceptors (Lipinski definition) is 2. The molecule has 0 atom stereocenters. The van der Waals surface area contributed by atoms with Crippen LogP contribution in [-0.4, -0.2) is 5.91 Å². The lowest BCUT2D eigenvalue weighted by Gasteiger charge is -2.07. The SMILES string of the molecule is CCc1ccsc1C(=O)Nc1ccc(C)c(Br)c1. The Morgan fingerprint density at radius 3 is 2.83 bits per heavy atom. The Balaban J connectivity index is 2.19. The van der Waals surface area contributed by atoms with Crippen LogP contribution in [0, 0.1) is 6.92 Å². The van der Waals surface area contributed by atoms with Crippen molar-refractivity contribution in [2.45, 2.75) is 20.3 Å². The number of halogens is 1. The van der Waals surface area contributed by atoms with E-state index in [4.69, 9.17) is 0 Å². The lowest BCUT2D eigenvalue weighted by molar-refractivity contribution is 0.103. The quantitative estimate of drug-likeness (QED) is 0.876. The van der Waals surface area contributed by atoms with Crippen molar-refractivity contribution in [3.05, 3.63) is 50.1 Å². The number of aryl methyl sites for hydroxylation is 2. The second kappa shape index (κ2) is 5.67. The second-order valence-electron chi connectivity index (χ2n) is 4.05. The van der Waals surface area contributed by atoms with E-state index < -0.39 is 0 Å². The van der Waals surface area contributed by atoms with E-state index >= 15 is 0 Å². The van der Waals surface area contributed by atoms with Crippen LogP contribution in [0.3, 0.4) is 0 Å². The van der Waals surface area contributed by atoms with Gasteiger partial charge in [-0.25, -0.2) is 0 Å². The molecule has 18 heavy (non-hydrogen) atoms. The first-order valence-corrected chi connectivity index (χ1v) is 7.43. The number of carbonyl (C=O) groups excluding carboxylic acids is 1. The van der Waals surface area contributed by atoms with Crippen LogP contribution in [0.2, 0.25) is 0 Å². The van der Waals surface area contributed by atoms with Gasteiger partial charge in [0, 0.05) is 10.2 Å². The molecule has 0 aliphatic rings. The van der Waals surface area contributed by atoms with Crippen molar-refractivity contribution >= 4 is 38.9 Å². The third kappa shape index (κ3) is 2.82. The largest absolute Gasteiger partial charge is 0.321 e. The summed E-state index contributed by atoms with van der Waals surface area (Å²) in [5, 5.41) is 4.89. The standard InChI is InChI=1S/C14H14BrNOS/c1-3-10-6-7-18-13(10)14(17)16-11-5-4-9(2)12(15)8-11/h4-8H,3H2,1-2H3,(H,16,17). The molecule has 1 aromatic carbocycles. The molecule has 0 radical (unpaired) electrons. The summed E-state index contributed by atoms with van der Waals surface area (Å²) in [6.45, 7) is 4.07. The van der Waals surface area contributed by atoms with Crippen molar-refractivity contribution < 1.29 is 4.79 Å². The second-order valence-corrected chi connectivity index (χ2v) is 5.82. The lowest BCUT2D eigenvalue weighted by atomic mass is 10.2. The van der Waals surface area contributed by atoms with Gasteiger partial charge in [-0.1, -0.05) is 28.9 Å². The fourth-order valence-electron chi connectivity index (χ4n) is 1.67. The molecule has 1 heterocycles. The van der Waals surface area contributed by atoms with Crippen LogP contribution >= 0.6 is 27.3 Å². The number of thiophene rings is 1. The number of anilines is 1. The minimum Gasteiger partial charge on any atom is -0.321 e. The van der Waals surface area contributed by atoms with Gasteiger partial charge >= 0.3 is 0 Å². The molecule has 0 saturated carbocycles. The van der Waals surface area contributed by atoms with Gasteiger partial charge in [0.1, 0.15) is 0 Å². The number of amides is 1. The summed E-state index contributed by atoms with van der Waals surface area (Å²) in [4.78, 5) is 12.9. The first-order chi connectivity index (χ1) is 8.61. The minimum atomic E-state index is -0.0300. The minimum absolute atomic E-state index is 0.0300. The number of carbonyl (C=O) groups is 1. The van der Waals surface area contributed by atoms with E-state index in [1.165, 1.54) is 11.3 Å². The molecule has 0 bridgehead atoms. The Labute approximate surface area is 119 Å². The van der Waals surface area contributed by atoms with E-state index in [-0.39, 0.29) is 5.91 Å². The zero-order chi connectivity index (χ0) is 13.1. The Morgan fingerprint density at radius 2 is 2.17 bits per heavy atom. The number of benzene rings is 1. The molecule has 0 saturated heterocycles. The molecule has 2 aromatic rings. The van der Waals surface area contributed by atoms with Crippen molar-refractivity contribution in [2.24, 2.45) is 0 Å². The van der Waals surface area contributed by atoms with Crippen LogP contribution in [0.1, 0.15) is 27.7 Å². The monoisotopic (exact) mass is 323 g/mol. The average molecular weight is 324 g/mol. The Bertz CT molecular complexity index is 577. The predicted molar refractivity (Wildman–Crippen MR) is 80.5 cm³/mol. The van der Waals surface area contributed by atoms with Crippen LogP contribution in [0.4, 0.5) is 5.69 Å². The molecule has 2 nitrogen and oxygen atoms in total. The normalized spacial score (nSPS) is 10.4. The van der Waals surface area contributed by atoms with Crippen LogP contribution in [0.15, 0.2) is 34.1 Å².